The van der Waals surface area contributed by atoms with Gasteiger partial charge in [-0.25, -0.2) is 14.2 Å². The summed E-state index contributed by atoms with van der Waals surface area (Å²) in [5.41, 5.74) is 2.48. The minimum Gasteiger partial charge on any atom is -0.465 e. The van der Waals surface area contributed by atoms with Crippen LogP contribution in [-0.2, 0) is 9.53 Å². The molecule has 0 N–H and O–H groups in total. The summed E-state index contributed by atoms with van der Waals surface area (Å²) in [5, 5.41) is 0.539. The summed E-state index contributed by atoms with van der Waals surface area (Å²) in [6, 6.07) is 19.2. The number of amidine groups is 1. The molecule has 4 rings (SSSR count). The number of anilines is 1. The van der Waals surface area contributed by atoms with E-state index in [2.05, 4.69) is 4.99 Å². The minimum absolute atomic E-state index is 0.208. The first kappa shape index (κ1) is 20.5. The molecule has 0 saturated carbocycles. The summed E-state index contributed by atoms with van der Waals surface area (Å²) in [4.78, 5) is 30.8. The van der Waals surface area contributed by atoms with E-state index in [0.29, 0.717) is 33.2 Å². The normalized spacial score (nSPS) is 14.7. The number of aliphatic imine (C=N–C) groups is 1. The monoisotopic (exact) mass is 434 g/mol. The summed E-state index contributed by atoms with van der Waals surface area (Å²) in [6.45, 7) is 0. The maximum Gasteiger partial charge on any atom is 0.337 e. The van der Waals surface area contributed by atoms with Crippen LogP contribution in [0, 0.1) is 5.82 Å². The first-order valence-electron chi connectivity index (χ1n) is 9.31. The van der Waals surface area contributed by atoms with Gasteiger partial charge < -0.3 is 4.74 Å². The van der Waals surface area contributed by atoms with E-state index in [-0.39, 0.29) is 17.4 Å². The van der Waals surface area contributed by atoms with Gasteiger partial charge in [0.1, 0.15) is 17.3 Å². The Bertz CT molecular complexity index is 1200. The fourth-order valence-corrected chi connectivity index (χ4v) is 3.26. The van der Waals surface area contributed by atoms with E-state index in [0.717, 1.165) is 0 Å². The summed E-state index contributed by atoms with van der Waals surface area (Å²) in [5.74, 6) is -0.779. The van der Waals surface area contributed by atoms with E-state index in [1.54, 1.807) is 66.7 Å². The predicted octanol–water partition coefficient (Wildman–Crippen LogP) is 5.10. The first-order valence-corrected chi connectivity index (χ1v) is 9.69. The zero-order valence-corrected chi connectivity index (χ0v) is 17.1. The fraction of sp³-hybridized carbons (Fsp3) is 0.0417. The van der Waals surface area contributed by atoms with Crippen molar-refractivity contribution in [2.75, 3.05) is 12.0 Å². The average Bonchev–Trinajstić information content (AvgIpc) is 3.10. The van der Waals surface area contributed by atoms with E-state index in [1.165, 1.54) is 24.1 Å². The van der Waals surface area contributed by atoms with Crippen molar-refractivity contribution >= 4 is 41.1 Å². The molecular formula is C24H16ClFN2O3. The first-order chi connectivity index (χ1) is 15.0. The molecule has 0 saturated heterocycles. The van der Waals surface area contributed by atoms with Crippen molar-refractivity contribution < 1.29 is 18.7 Å². The van der Waals surface area contributed by atoms with Crippen molar-refractivity contribution in [3.8, 4) is 0 Å². The van der Waals surface area contributed by atoms with Gasteiger partial charge in [-0.2, -0.15) is 0 Å². The average molecular weight is 435 g/mol. The molecule has 0 fully saturated rings. The van der Waals surface area contributed by atoms with Crippen molar-refractivity contribution in [3.05, 3.63) is 106 Å². The van der Waals surface area contributed by atoms with Crippen LogP contribution in [0.2, 0.25) is 5.02 Å². The molecule has 0 radical (unpaired) electrons. The number of hydrogen-bond acceptors (Lipinski definition) is 4. The predicted molar refractivity (Wildman–Crippen MR) is 118 cm³/mol. The van der Waals surface area contributed by atoms with Crippen molar-refractivity contribution in [1.82, 2.24) is 0 Å². The topological polar surface area (TPSA) is 59.0 Å². The Morgan fingerprint density at radius 1 is 1.00 bits per heavy atom. The summed E-state index contributed by atoms with van der Waals surface area (Å²) in [7, 11) is 1.31. The SMILES string of the molecule is COC(=O)c1ccc(/C=C2/N=C(c3ccc(F)cc3)N(c3ccc(Cl)cc3)C2=O)cc1. The molecule has 0 aliphatic carbocycles. The highest BCUT2D eigenvalue weighted by molar-refractivity contribution is 6.34. The number of rotatable bonds is 4. The Hall–Kier alpha value is -3.77. The Morgan fingerprint density at radius 2 is 1.65 bits per heavy atom. The Labute approximate surface area is 183 Å². The van der Waals surface area contributed by atoms with Crippen LogP contribution >= 0.6 is 11.6 Å². The zero-order valence-electron chi connectivity index (χ0n) is 16.4. The maximum atomic E-state index is 13.4. The van der Waals surface area contributed by atoms with E-state index >= 15 is 0 Å². The lowest BCUT2D eigenvalue weighted by Crippen LogP contribution is -2.32. The second-order valence-electron chi connectivity index (χ2n) is 6.70. The number of methoxy groups -OCH3 is 1. The molecule has 1 amide bonds. The molecule has 154 valence electrons. The van der Waals surface area contributed by atoms with Crippen molar-refractivity contribution in [2.45, 2.75) is 0 Å². The Kier molecular flexibility index (Phi) is 5.64. The lowest BCUT2D eigenvalue weighted by Gasteiger charge is -2.18. The van der Waals surface area contributed by atoms with Gasteiger partial charge in [-0.3, -0.25) is 9.69 Å². The van der Waals surface area contributed by atoms with Crippen LogP contribution in [0.4, 0.5) is 10.1 Å². The molecule has 3 aromatic rings. The molecule has 0 aromatic heterocycles. The van der Waals surface area contributed by atoms with Gasteiger partial charge in [0.25, 0.3) is 5.91 Å². The number of esters is 1. The zero-order chi connectivity index (χ0) is 22.0. The number of ether oxygens (including phenoxy) is 1. The lowest BCUT2D eigenvalue weighted by atomic mass is 10.1. The Morgan fingerprint density at radius 3 is 2.26 bits per heavy atom. The summed E-state index contributed by atoms with van der Waals surface area (Å²) in [6.07, 6.45) is 1.63. The molecule has 3 aromatic carbocycles. The van der Waals surface area contributed by atoms with Gasteiger partial charge in [-0.1, -0.05) is 23.7 Å². The Balaban J connectivity index is 1.75. The van der Waals surface area contributed by atoms with Crippen LogP contribution in [0.15, 0.2) is 83.5 Å². The molecule has 0 unspecified atom stereocenters. The molecule has 0 atom stereocenters. The quantitative estimate of drug-likeness (QED) is 0.424. The molecule has 5 nitrogen and oxygen atoms in total. The fourth-order valence-electron chi connectivity index (χ4n) is 3.13. The number of hydrogen-bond donors (Lipinski definition) is 0. The van der Waals surface area contributed by atoms with Crippen LogP contribution in [0.25, 0.3) is 6.08 Å². The molecule has 31 heavy (non-hydrogen) atoms. The van der Waals surface area contributed by atoms with E-state index in [9.17, 15) is 14.0 Å². The van der Waals surface area contributed by atoms with Crippen molar-refractivity contribution in [3.63, 3.8) is 0 Å². The smallest absolute Gasteiger partial charge is 0.337 e. The minimum atomic E-state index is -0.443. The van der Waals surface area contributed by atoms with Gasteiger partial charge in [0.05, 0.1) is 18.4 Å². The molecular weight excluding hydrogens is 419 g/mol. The van der Waals surface area contributed by atoms with Gasteiger partial charge >= 0.3 is 5.97 Å². The highest BCUT2D eigenvalue weighted by atomic mass is 35.5. The number of amides is 1. The van der Waals surface area contributed by atoms with Crippen LogP contribution in [0.1, 0.15) is 21.5 Å². The van der Waals surface area contributed by atoms with Crippen LogP contribution in [0.5, 0.6) is 0 Å². The van der Waals surface area contributed by atoms with Crippen LogP contribution in [-0.4, -0.2) is 24.8 Å². The standard InChI is InChI=1S/C24H16ClFN2O3/c1-31-24(30)17-4-2-15(3-5-17)14-21-23(29)28(20-12-8-18(25)9-13-20)22(27-21)16-6-10-19(26)11-7-16/h2-14H,1H3/b21-14+. The van der Waals surface area contributed by atoms with Gasteiger partial charge in [-0.05, 0) is 72.3 Å². The third-order valence-corrected chi connectivity index (χ3v) is 4.93. The van der Waals surface area contributed by atoms with Crippen LogP contribution in [0.3, 0.4) is 0 Å². The van der Waals surface area contributed by atoms with Gasteiger partial charge in [0.15, 0.2) is 0 Å². The van der Waals surface area contributed by atoms with Crippen molar-refractivity contribution in [2.24, 2.45) is 4.99 Å². The van der Waals surface area contributed by atoms with Crippen molar-refractivity contribution in [1.29, 1.82) is 0 Å². The second-order valence-corrected chi connectivity index (χ2v) is 7.14. The molecule has 0 spiro atoms. The molecule has 1 aliphatic rings. The van der Waals surface area contributed by atoms with E-state index in [4.69, 9.17) is 16.3 Å². The summed E-state index contributed by atoms with van der Waals surface area (Å²) < 4.78 is 18.1. The number of benzene rings is 3. The molecule has 1 aliphatic heterocycles. The molecule has 0 bridgehead atoms. The largest absolute Gasteiger partial charge is 0.465 e. The summed E-state index contributed by atoms with van der Waals surface area (Å²) >= 11 is 5.99. The highest BCUT2D eigenvalue weighted by Crippen LogP contribution is 2.29. The molecule has 7 heteroatoms. The molecule has 1 heterocycles. The number of carbonyl (C=O) groups excluding carboxylic acids is 2. The lowest BCUT2D eigenvalue weighted by molar-refractivity contribution is -0.113. The van der Waals surface area contributed by atoms with Crippen LogP contribution < -0.4 is 4.90 Å². The second kappa shape index (κ2) is 8.53. The van der Waals surface area contributed by atoms with E-state index < -0.39 is 5.97 Å². The van der Waals surface area contributed by atoms with Gasteiger partial charge in [0, 0.05) is 10.6 Å². The third-order valence-electron chi connectivity index (χ3n) is 4.68. The van der Waals surface area contributed by atoms with Gasteiger partial charge in [-0.15, -0.1) is 0 Å². The number of nitrogens with zero attached hydrogens (tertiary/aromatic N) is 2. The maximum absolute atomic E-state index is 13.4. The van der Waals surface area contributed by atoms with E-state index in [1.807, 2.05) is 0 Å². The highest BCUT2D eigenvalue weighted by Gasteiger charge is 2.32. The number of halogens is 2. The third kappa shape index (κ3) is 4.25. The van der Waals surface area contributed by atoms with Gasteiger partial charge in [0.2, 0.25) is 0 Å². The number of carbonyl (C=O) groups is 2.